The Balaban J connectivity index is 2.04. The third-order valence-corrected chi connectivity index (χ3v) is 3.05. The molecule has 2 aromatic rings. The van der Waals surface area contributed by atoms with E-state index in [1.54, 1.807) is 24.3 Å². The molecule has 0 saturated carbocycles. The molecule has 1 unspecified atom stereocenters. The fourth-order valence-electron chi connectivity index (χ4n) is 1.95. The second kappa shape index (κ2) is 6.52. The summed E-state index contributed by atoms with van der Waals surface area (Å²) < 4.78 is 0. The Morgan fingerprint density at radius 3 is 2.05 bits per heavy atom. The van der Waals surface area contributed by atoms with Crippen molar-refractivity contribution in [2.45, 2.75) is 5.92 Å². The van der Waals surface area contributed by atoms with Crippen LogP contribution < -0.4 is 11.1 Å². The van der Waals surface area contributed by atoms with Crippen LogP contribution in [0.3, 0.4) is 0 Å². The van der Waals surface area contributed by atoms with Gasteiger partial charge in [0, 0.05) is 12.1 Å². The van der Waals surface area contributed by atoms with Gasteiger partial charge in [-0.2, -0.15) is 0 Å². The molecular formula is C16H16N2O2. The zero-order chi connectivity index (χ0) is 14.4. The number of hydrogen-bond donors (Lipinski definition) is 2. The summed E-state index contributed by atoms with van der Waals surface area (Å²) in [5, 5.41) is 2.74. The van der Waals surface area contributed by atoms with E-state index in [9.17, 15) is 9.59 Å². The number of hydrogen-bond acceptors (Lipinski definition) is 2. The average molecular weight is 268 g/mol. The summed E-state index contributed by atoms with van der Waals surface area (Å²) in [6, 6.07) is 18.0. The lowest BCUT2D eigenvalue weighted by Crippen LogP contribution is -2.34. The molecule has 102 valence electrons. The second-order valence-corrected chi connectivity index (χ2v) is 4.44. The molecule has 3 N–H and O–H groups in total. The Morgan fingerprint density at radius 1 is 0.950 bits per heavy atom. The molecule has 2 amide bonds. The molecule has 0 aliphatic rings. The monoisotopic (exact) mass is 268 g/mol. The Hall–Kier alpha value is -2.62. The lowest BCUT2D eigenvalue weighted by Gasteiger charge is -2.14. The predicted octanol–water partition coefficient (Wildman–Crippen LogP) is 1.69. The molecule has 2 aromatic carbocycles. The van der Waals surface area contributed by atoms with E-state index in [1.807, 2.05) is 36.4 Å². The number of carbonyl (C=O) groups excluding carboxylic acids is 2. The van der Waals surface area contributed by atoms with Crippen molar-refractivity contribution in [2.75, 3.05) is 6.54 Å². The molecule has 0 aromatic heterocycles. The van der Waals surface area contributed by atoms with Crippen LogP contribution in [0, 0.1) is 0 Å². The van der Waals surface area contributed by atoms with E-state index in [2.05, 4.69) is 5.32 Å². The van der Waals surface area contributed by atoms with Crippen molar-refractivity contribution < 1.29 is 9.59 Å². The zero-order valence-electron chi connectivity index (χ0n) is 11.0. The summed E-state index contributed by atoms with van der Waals surface area (Å²) in [6.07, 6.45) is 0. The summed E-state index contributed by atoms with van der Waals surface area (Å²) in [4.78, 5) is 23.5. The third kappa shape index (κ3) is 3.45. The van der Waals surface area contributed by atoms with Gasteiger partial charge in [0.05, 0.1) is 5.92 Å². The van der Waals surface area contributed by atoms with Crippen molar-refractivity contribution in [1.82, 2.24) is 5.32 Å². The molecule has 0 radical (unpaired) electrons. The minimum absolute atomic E-state index is 0.188. The van der Waals surface area contributed by atoms with Crippen LogP contribution in [0.4, 0.5) is 0 Å². The largest absolute Gasteiger partial charge is 0.369 e. The molecule has 4 heteroatoms. The normalized spacial score (nSPS) is 11.6. The van der Waals surface area contributed by atoms with Crippen molar-refractivity contribution in [3.05, 3.63) is 71.8 Å². The number of nitrogens with one attached hydrogen (secondary N) is 1. The van der Waals surface area contributed by atoms with Crippen molar-refractivity contribution in [1.29, 1.82) is 0 Å². The van der Waals surface area contributed by atoms with Gasteiger partial charge in [-0.25, -0.2) is 0 Å². The van der Waals surface area contributed by atoms with Gasteiger partial charge in [-0.3, -0.25) is 9.59 Å². The Bertz CT molecular complexity index is 582. The summed E-state index contributed by atoms with van der Waals surface area (Å²) >= 11 is 0. The molecule has 20 heavy (non-hydrogen) atoms. The highest BCUT2D eigenvalue weighted by Gasteiger charge is 2.18. The van der Waals surface area contributed by atoms with Gasteiger partial charge in [-0.15, -0.1) is 0 Å². The SMILES string of the molecule is NC(=O)C(CNC(=O)c1ccccc1)c1ccccc1. The number of benzene rings is 2. The topological polar surface area (TPSA) is 72.2 Å². The maximum Gasteiger partial charge on any atom is 0.251 e. The number of amides is 2. The van der Waals surface area contributed by atoms with Crippen molar-refractivity contribution in [2.24, 2.45) is 5.73 Å². The van der Waals surface area contributed by atoms with Crippen LogP contribution in [0.5, 0.6) is 0 Å². The maximum atomic E-state index is 11.9. The highest BCUT2D eigenvalue weighted by molar-refractivity contribution is 5.94. The fraction of sp³-hybridized carbons (Fsp3) is 0.125. The summed E-state index contributed by atoms with van der Waals surface area (Å²) in [5.41, 5.74) is 6.76. The number of carbonyl (C=O) groups is 2. The van der Waals surface area contributed by atoms with Gasteiger partial charge in [0.2, 0.25) is 5.91 Å². The van der Waals surface area contributed by atoms with Crippen LogP contribution in [0.2, 0.25) is 0 Å². The quantitative estimate of drug-likeness (QED) is 0.866. The van der Waals surface area contributed by atoms with Gasteiger partial charge in [0.25, 0.3) is 5.91 Å². The van der Waals surface area contributed by atoms with Gasteiger partial charge < -0.3 is 11.1 Å². The highest BCUT2D eigenvalue weighted by Crippen LogP contribution is 2.14. The first kappa shape index (κ1) is 13.8. The Morgan fingerprint density at radius 2 is 1.50 bits per heavy atom. The van der Waals surface area contributed by atoms with Crippen molar-refractivity contribution >= 4 is 11.8 Å². The summed E-state index contributed by atoms with van der Waals surface area (Å²) in [5.74, 6) is -1.19. The Kier molecular flexibility index (Phi) is 4.50. The van der Waals surface area contributed by atoms with Crippen LogP contribution in [-0.4, -0.2) is 18.4 Å². The zero-order valence-corrected chi connectivity index (χ0v) is 11.0. The predicted molar refractivity (Wildman–Crippen MR) is 77.2 cm³/mol. The van der Waals surface area contributed by atoms with Crippen molar-refractivity contribution in [3.8, 4) is 0 Å². The molecule has 4 nitrogen and oxygen atoms in total. The number of nitrogens with two attached hydrogens (primary N) is 1. The second-order valence-electron chi connectivity index (χ2n) is 4.44. The van der Waals surface area contributed by atoms with Crippen molar-refractivity contribution in [3.63, 3.8) is 0 Å². The van der Waals surface area contributed by atoms with Gasteiger partial charge in [-0.1, -0.05) is 48.5 Å². The Labute approximate surface area is 117 Å². The van der Waals surface area contributed by atoms with E-state index in [0.29, 0.717) is 5.56 Å². The van der Waals surface area contributed by atoms with Crippen LogP contribution in [-0.2, 0) is 4.79 Å². The summed E-state index contributed by atoms with van der Waals surface area (Å²) in [6.45, 7) is 0.188. The standard InChI is InChI=1S/C16H16N2O2/c17-15(19)14(12-7-3-1-4-8-12)11-18-16(20)13-9-5-2-6-10-13/h1-10,14H,11H2,(H2,17,19)(H,18,20). The van der Waals surface area contributed by atoms with E-state index in [1.165, 1.54) is 0 Å². The lowest BCUT2D eigenvalue weighted by atomic mass is 9.98. The fourth-order valence-corrected chi connectivity index (χ4v) is 1.95. The minimum atomic E-state index is -0.524. The number of rotatable bonds is 5. The molecule has 0 aliphatic carbocycles. The first-order valence-electron chi connectivity index (χ1n) is 6.36. The van der Waals surface area contributed by atoms with E-state index in [4.69, 9.17) is 5.73 Å². The molecule has 0 spiro atoms. The van der Waals surface area contributed by atoms with E-state index in [0.717, 1.165) is 5.56 Å². The van der Waals surface area contributed by atoms with Crippen LogP contribution in [0.15, 0.2) is 60.7 Å². The molecule has 0 aliphatic heterocycles. The molecular weight excluding hydrogens is 252 g/mol. The van der Waals surface area contributed by atoms with Crippen LogP contribution in [0.1, 0.15) is 21.8 Å². The highest BCUT2D eigenvalue weighted by atomic mass is 16.2. The summed E-state index contributed by atoms with van der Waals surface area (Å²) in [7, 11) is 0. The number of primary amides is 1. The first-order valence-corrected chi connectivity index (χ1v) is 6.36. The smallest absolute Gasteiger partial charge is 0.251 e. The van der Waals surface area contributed by atoms with E-state index in [-0.39, 0.29) is 12.5 Å². The molecule has 2 rings (SSSR count). The maximum absolute atomic E-state index is 11.9. The molecule has 0 saturated heterocycles. The van der Waals surface area contributed by atoms with Crippen LogP contribution >= 0.6 is 0 Å². The molecule has 1 atom stereocenters. The van der Waals surface area contributed by atoms with E-state index < -0.39 is 11.8 Å². The third-order valence-electron chi connectivity index (χ3n) is 3.05. The minimum Gasteiger partial charge on any atom is -0.369 e. The molecule has 0 heterocycles. The van der Waals surface area contributed by atoms with Gasteiger partial charge in [0.1, 0.15) is 0 Å². The average Bonchev–Trinajstić information content (AvgIpc) is 2.49. The first-order chi connectivity index (χ1) is 9.68. The molecule has 0 bridgehead atoms. The van der Waals surface area contributed by atoms with Gasteiger partial charge >= 0.3 is 0 Å². The lowest BCUT2D eigenvalue weighted by molar-refractivity contribution is -0.119. The molecule has 0 fully saturated rings. The van der Waals surface area contributed by atoms with Crippen LogP contribution in [0.25, 0.3) is 0 Å². The van der Waals surface area contributed by atoms with E-state index >= 15 is 0 Å². The van der Waals surface area contributed by atoms with Gasteiger partial charge in [0.15, 0.2) is 0 Å². The van der Waals surface area contributed by atoms with Gasteiger partial charge in [-0.05, 0) is 17.7 Å².